The predicted molar refractivity (Wildman–Crippen MR) is 73.4 cm³/mol. The molecule has 0 spiro atoms. The second kappa shape index (κ2) is 7.50. The minimum absolute atomic E-state index is 0.405. The van der Waals surface area contributed by atoms with Gasteiger partial charge < -0.3 is 14.6 Å². The lowest BCUT2D eigenvalue weighted by atomic mass is 10.1. The van der Waals surface area contributed by atoms with Crippen molar-refractivity contribution in [3.8, 4) is 11.5 Å². The third-order valence-corrected chi connectivity index (χ3v) is 2.35. The second-order valence-electron chi connectivity index (χ2n) is 3.48. The van der Waals surface area contributed by atoms with E-state index in [0.29, 0.717) is 17.1 Å². The van der Waals surface area contributed by atoms with Gasteiger partial charge in [-0.1, -0.05) is 17.3 Å². The zero-order chi connectivity index (χ0) is 15.0. The molecule has 0 saturated carbocycles. The first-order chi connectivity index (χ1) is 9.63. The first-order valence-electron chi connectivity index (χ1n) is 5.51. The molecule has 1 aromatic rings. The molecule has 0 unspecified atom stereocenters. The number of allylic oxidation sites excluding steroid dienone is 2. The maximum atomic E-state index is 10.8. The van der Waals surface area contributed by atoms with Crippen molar-refractivity contribution in [3.63, 3.8) is 0 Å². The van der Waals surface area contributed by atoms with Crippen LogP contribution >= 0.6 is 0 Å². The van der Waals surface area contributed by atoms with Gasteiger partial charge in [-0.2, -0.15) is 0 Å². The van der Waals surface area contributed by atoms with Crippen LogP contribution in [-0.4, -0.2) is 25.3 Å². The monoisotopic (exact) mass is 275 g/mol. The van der Waals surface area contributed by atoms with Gasteiger partial charge in [-0.05, 0) is 29.8 Å². The number of carboxylic acid groups (broad SMARTS) is 1. The number of rotatable bonds is 6. The number of hydrogen-bond acceptors (Lipinski definition) is 4. The van der Waals surface area contributed by atoms with E-state index in [1.54, 1.807) is 24.3 Å². The Hall–Kier alpha value is -2.92. The molecule has 0 aromatic heterocycles. The molecular formula is C13H13N3O4. The predicted octanol–water partition coefficient (Wildman–Crippen LogP) is 3.00. The van der Waals surface area contributed by atoms with Crippen molar-refractivity contribution in [1.29, 1.82) is 0 Å². The largest absolute Gasteiger partial charge is 0.496 e. The molecule has 1 N–H and O–H groups in total. The zero-order valence-corrected chi connectivity index (χ0v) is 11.0. The summed E-state index contributed by atoms with van der Waals surface area (Å²) in [5.74, 6) is -0.149. The average molecular weight is 275 g/mol. The fraction of sp³-hybridized carbons (Fsp3) is 0.154. The third kappa shape index (κ3) is 3.79. The Kier molecular flexibility index (Phi) is 5.68. The first kappa shape index (κ1) is 15.1. The molecule has 0 fully saturated rings. The molecule has 0 saturated heterocycles. The van der Waals surface area contributed by atoms with E-state index in [4.69, 9.17) is 20.1 Å². The maximum absolute atomic E-state index is 10.8. The average Bonchev–Trinajstić information content (AvgIpc) is 2.46. The van der Waals surface area contributed by atoms with Crippen molar-refractivity contribution in [2.24, 2.45) is 5.11 Å². The van der Waals surface area contributed by atoms with E-state index in [1.165, 1.54) is 26.4 Å². The SMILES string of the molecule is COc1cccc(OC)c1/C=C/C=C(/N=[N+]=[N-])C(=O)O. The van der Waals surface area contributed by atoms with Gasteiger partial charge in [0.25, 0.3) is 0 Å². The van der Waals surface area contributed by atoms with Crippen LogP contribution in [0.4, 0.5) is 0 Å². The highest BCUT2D eigenvalue weighted by Gasteiger charge is 2.06. The van der Waals surface area contributed by atoms with Gasteiger partial charge in [-0.15, -0.1) is 0 Å². The molecule has 0 heterocycles. The molecule has 1 aromatic carbocycles. The fourth-order valence-electron chi connectivity index (χ4n) is 1.48. The Labute approximate surface area is 115 Å². The lowest BCUT2D eigenvalue weighted by Gasteiger charge is -2.09. The van der Waals surface area contributed by atoms with E-state index in [9.17, 15) is 4.79 Å². The Morgan fingerprint density at radius 1 is 1.35 bits per heavy atom. The highest BCUT2D eigenvalue weighted by molar-refractivity contribution is 5.86. The van der Waals surface area contributed by atoms with E-state index in [1.807, 2.05) is 0 Å². The summed E-state index contributed by atoms with van der Waals surface area (Å²) in [5, 5.41) is 11.9. The molecule has 0 bridgehead atoms. The Bertz CT molecular complexity index is 575. The zero-order valence-electron chi connectivity index (χ0n) is 11.0. The summed E-state index contributed by atoms with van der Waals surface area (Å²) >= 11 is 0. The fourth-order valence-corrected chi connectivity index (χ4v) is 1.48. The summed E-state index contributed by atoms with van der Waals surface area (Å²) in [5.41, 5.74) is 8.50. The number of ether oxygens (including phenoxy) is 2. The van der Waals surface area contributed by atoms with Crippen LogP contribution in [0, 0.1) is 0 Å². The molecule has 0 amide bonds. The van der Waals surface area contributed by atoms with Crippen LogP contribution in [0.3, 0.4) is 0 Å². The van der Waals surface area contributed by atoms with Crippen molar-refractivity contribution < 1.29 is 19.4 Å². The van der Waals surface area contributed by atoms with Crippen molar-refractivity contribution in [1.82, 2.24) is 0 Å². The van der Waals surface area contributed by atoms with Crippen LogP contribution in [0.5, 0.6) is 11.5 Å². The molecule has 0 aliphatic rings. The molecule has 0 radical (unpaired) electrons. The molecule has 104 valence electrons. The van der Waals surface area contributed by atoms with Gasteiger partial charge in [0.2, 0.25) is 0 Å². The van der Waals surface area contributed by atoms with Gasteiger partial charge in [-0.3, -0.25) is 0 Å². The first-order valence-corrected chi connectivity index (χ1v) is 5.51. The number of aliphatic carboxylic acids is 1. The lowest BCUT2D eigenvalue weighted by molar-refractivity contribution is -0.132. The number of benzene rings is 1. The van der Waals surface area contributed by atoms with Gasteiger partial charge in [0.05, 0.1) is 19.8 Å². The summed E-state index contributed by atoms with van der Waals surface area (Å²) < 4.78 is 10.4. The van der Waals surface area contributed by atoms with Crippen LogP contribution in [0.2, 0.25) is 0 Å². The van der Waals surface area contributed by atoms with E-state index in [2.05, 4.69) is 10.0 Å². The van der Waals surface area contributed by atoms with Gasteiger partial charge in [0.15, 0.2) is 0 Å². The molecule has 7 heteroatoms. The van der Waals surface area contributed by atoms with E-state index >= 15 is 0 Å². The van der Waals surface area contributed by atoms with E-state index < -0.39 is 11.7 Å². The molecule has 0 aliphatic carbocycles. The highest BCUT2D eigenvalue weighted by atomic mass is 16.5. The van der Waals surface area contributed by atoms with Crippen molar-refractivity contribution in [2.75, 3.05) is 14.2 Å². The number of azide groups is 1. The van der Waals surface area contributed by atoms with Crippen LogP contribution in [0.1, 0.15) is 5.56 Å². The Morgan fingerprint density at radius 2 is 1.95 bits per heavy atom. The van der Waals surface area contributed by atoms with E-state index in [0.717, 1.165) is 0 Å². The minimum atomic E-state index is -1.31. The van der Waals surface area contributed by atoms with Gasteiger partial charge >= 0.3 is 5.97 Å². The summed E-state index contributed by atoms with van der Waals surface area (Å²) in [6.45, 7) is 0. The summed E-state index contributed by atoms with van der Waals surface area (Å²) in [6.07, 6.45) is 4.24. The minimum Gasteiger partial charge on any atom is -0.496 e. The summed E-state index contributed by atoms with van der Waals surface area (Å²) in [7, 11) is 3.04. The summed E-state index contributed by atoms with van der Waals surface area (Å²) in [6, 6.07) is 5.27. The van der Waals surface area contributed by atoms with Crippen LogP contribution in [0.15, 0.2) is 41.2 Å². The highest BCUT2D eigenvalue weighted by Crippen LogP contribution is 2.29. The number of carbonyl (C=O) groups is 1. The molecule has 0 atom stereocenters. The molecular weight excluding hydrogens is 262 g/mol. The quantitative estimate of drug-likeness (QED) is 0.283. The van der Waals surface area contributed by atoms with Crippen molar-refractivity contribution >= 4 is 12.0 Å². The summed E-state index contributed by atoms with van der Waals surface area (Å²) in [4.78, 5) is 13.2. The standard InChI is InChI=1S/C13H13N3O4/c1-19-11-7-4-8-12(20-2)9(11)5-3-6-10(13(17)18)15-16-14/h3-8H,1-2H3,(H,17,18)/b5-3+,10-6+. The maximum Gasteiger partial charge on any atom is 0.338 e. The number of carboxylic acids is 1. The molecule has 7 nitrogen and oxygen atoms in total. The molecule has 0 aliphatic heterocycles. The van der Waals surface area contributed by atoms with Crippen molar-refractivity contribution in [2.45, 2.75) is 0 Å². The number of methoxy groups -OCH3 is 2. The Balaban J connectivity index is 3.15. The lowest BCUT2D eigenvalue weighted by Crippen LogP contribution is -1.96. The number of hydrogen-bond donors (Lipinski definition) is 1. The normalized spacial score (nSPS) is 11.0. The number of nitrogens with zero attached hydrogens (tertiary/aromatic N) is 3. The van der Waals surface area contributed by atoms with Crippen LogP contribution in [0.25, 0.3) is 16.5 Å². The smallest absolute Gasteiger partial charge is 0.338 e. The topological polar surface area (TPSA) is 105 Å². The van der Waals surface area contributed by atoms with Gasteiger partial charge in [0, 0.05) is 4.91 Å². The molecule has 20 heavy (non-hydrogen) atoms. The van der Waals surface area contributed by atoms with Gasteiger partial charge in [0.1, 0.15) is 17.2 Å². The third-order valence-electron chi connectivity index (χ3n) is 2.35. The van der Waals surface area contributed by atoms with Crippen LogP contribution < -0.4 is 9.47 Å². The van der Waals surface area contributed by atoms with Crippen molar-refractivity contribution in [3.05, 3.63) is 52.1 Å². The second-order valence-corrected chi connectivity index (χ2v) is 3.48. The van der Waals surface area contributed by atoms with Crippen LogP contribution in [-0.2, 0) is 4.79 Å². The Morgan fingerprint density at radius 3 is 2.40 bits per heavy atom. The van der Waals surface area contributed by atoms with E-state index in [-0.39, 0.29) is 0 Å². The van der Waals surface area contributed by atoms with Gasteiger partial charge in [-0.25, -0.2) is 4.79 Å². The molecule has 1 rings (SSSR count).